The van der Waals surface area contributed by atoms with Gasteiger partial charge in [-0.25, -0.2) is 18.4 Å². The molecule has 2 N–H and O–H groups in total. The standard InChI is InChI=1S/C59H65F2N11O6/c1-3-42-45(60)12-9-37-6-4-7-43(50(37)42)52-51(61)53-44(30-62-52)54(70-31-38-10-11-39(32-70)63-38)66-56(65-53)78-34-59-21-5-23-71(59)41(16-22-59)33-77-58(76)69-26-19-40(20-27-69)68-24-17-35(18-25-68)28-36-8-13-46-48(29-36)67(2)57(75)72(46)47-14-15-49(73)64-55(47)74/h1,4,6-9,12-13,29-30,35,38-41,47,63H,5,10-11,14-28,31-34H2,2H3,(H,64,73,74)/t38?,39?,41-,47?,59-/m0/s1. The minimum atomic E-state index is -0.702. The number of carbonyl (C=O) groups is 3. The fourth-order valence-electron chi connectivity index (χ4n) is 14.5. The molecule has 78 heavy (non-hydrogen) atoms. The highest BCUT2D eigenvalue weighted by molar-refractivity contribution is 6.02. The van der Waals surface area contributed by atoms with Crippen LogP contribution in [0.4, 0.5) is 19.4 Å². The molecule has 5 atom stereocenters. The van der Waals surface area contributed by atoms with Gasteiger partial charge in [-0.3, -0.25) is 33.9 Å². The van der Waals surface area contributed by atoms with Gasteiger partial charge in [-0.05, 0) is 132 Å². The number of benzene rings is 3. The maximum absolute atomic E-state index is 17.2. The number of aromatic nitrogens is 5. The zero-order chi connectivity index (χ0) is 53.4. The molecule has 7 aliphatic rings. The molecule has 7 saturated heterocycles. The lowest BCUT2D eigenvalue weighted by Crippen LogP contribution is -2.51. The molecule has 6 aromatic rings. The molecule has 17 nitrogen and oxygen atoms in total. The van der Waals surface area contributed by atoms with Crippen LogP contribution < -0.4 is 26.0 Å². The van der Waals surface area contributed by atoms with Crippen molar-refractivity contribution in [1.29, 1.82) is 0 Å². The van der Waals surface area contributed by atoms with Crippen molar-refractivity contribution in [3.8, 4) is 29.6 Å². The number of piperidine rings is 3. The molecule has 2 bridgehead atoms. The number of hydrogen-bond donors (Lipinski definition) is 2. The third-order valence-corrected chi connectivity index (χ3v) is 18.5. The molecule has 0 spiro atoms. The summed E-state index contributed by atoms with van der Waals surface area (Å²) in [6, 6.07) is 14.8. The fraction of sp³-hybridized carbons (Fsp3) is 0.508. The van der Waals surface area contributed by atoms with Crippen LogP contribution in [0.3, 0.4) is 0 Å². The minimum Gasteiger partial charge on any atom is -0.461 e. The number of fused-ring (bicyclic) bond motifs is 6. The number of pyridine rings is 1. The Labute approximate surface area is 450 Å². The van der Waals surface area contributed by atoms with Crippen molar-refractivity contribution in [2.24, 2.45) is 13.0 Å². The lowest BCUT2D eigenvalue weighted by atomic mass is 9.88. The number of halogens is 2. The quantitative estimate of drug-likeness (QED) is 0.105. The van der Waals surface area contributed by atoms with Crippen LogP contribution in [0.1, 0.15) is 94.2 Å². The second-order valence-corrected chi connectivity index (χ2v) is 23.0. The number of likely N-dealkylation sites (tertiary alicyclic amines) is 2. The molecule has 3 amide bonds. The largest absolute Gasteiger partial charge is 0.461 e. The number of rotatable bonds is 11. The number of hydrogen-bond acceptors (Lipinski definition) is 13. The third kappa shape index (κ3) is 9.02. The molecular formula is C59H65F2N11O6. The highest BCUT2D eigenvalue weighted by atomic mass is 19.1. The van der Waals surface area contributed by atoms with Crippen molar-refractivity contribution < 1.29 is 32.6 Å². The van der Waals surface area contributed by atoms with E-state index in [2.05, 4.69) is 48.4 Å². The number of imidazole rings is 1. The van der Waals surface area contributed by atoms with Gasteiger partial charge in [0.25, 0.3) is 0 Å². The summed E-state index contributed by atoms with van der Waals surface area (Å²) < 4.78 is 48.1. The van der Waals surface area contributed by atoms with Crippen LogP contribution in [0.15, 0.2) is 59.5 Å². The van der Waals surface area contributed by atoms with E-state index in [1.807, 2.05) is 17.0 Å². The molecule has 3 aromatic carbocycles. The van der Waals surface area contributed by atoms with Gasteiger partial charge in [-0.1, -0.05) is 36.3 Å². The number of piperazine rings is 1. The van der Waals surface area contributed by atoms with E-state index in [9.17, 15) is 19.2 Å². The Kier molecular flexibility index (Phi) is 13.2. The van der Waals surface area contributed by atoms with Crippen molar-refractivity contribution in [3.63, 3.8) is 0 Å². The van der Waals surface area contributed by atoms with Crippen LogP contribution in [0, 0.1) is 29.9 Å². The first-order valence-corrected chi connectivity index (χ1v) is 28.1. The number of terminal acetylenes is 1. The van der Waals surface area contributed by atoms with Crippen molar-refractivity contribution in [2.75, 3.05) is 63.9 Å². The monoisotopic (exact) mass is 1060 g/mol. The highest BCUT2D eigenvalue weighted by Crippen LogP contribution is 2.44. The molecule has 3 aromatic heterocycles. The van der Waals surface area contributed by atoms with Gasteiger partial charge >= 0.3 is 17.8 Å². The molecule has 19 heteroatoms. The van der Waals surface area contributed by atoms with E-state index in [1.54, 1.807) is 36.0 Å². The summed E-state index contributed by atoms with van der Waals surface area (Å²) in [4.78, 5) is 74.9. The van der Waals surface area contributed by atoms with E-state index in [0.717, 1.165) is 101 Å². The predicted octanol–water partition coefficient (Wildman–Crippen LogP) is 6.61. The summed E-state index contributed by atoms with van der Waals surface area (Å²) in [6.07, 6.45) is 18.2. The van der Waals surface area contributed by atoms with Gasteiger partial charge in [0.05, 0.1) is 27.5 Å². The van der Waals surface area contributed by atoms with E-state index in [4.69, 9.17) is 25.9 Å². The molecule has 7 aliphatic heterocycles. The number of nitrogens with one attached hydrogen (secondary N) is 2. The summed E-state index contributed by atoms with van der Waals surface area (Å²) in [5.41, 5.74) is 2.61. The van der Waals surface area contributed by atoms with Crippen LogP contribution in [0.25, 0.3) is 44.0 Å². The van der Waals surface area contributed by atoms with E-state index in [1.165, 1.54) is 10.6 Å². The number of nitrogens with zero attached hydrogens (tertiary/aromatic N) is 9. The highest BCUT2D eigenvalue weighted by Gasteiger charge is 2.50. The van der Waals surface area contributed by atoms with Gasteiger partial charge in [0.15, 0.2) is 5.82 Å². The fourth-order valence-corrected chi connectivity index (χ4v) is 14.5. The van der Waals surface area contributed by atoms with E-state index in [0.29, 0.717) is 103 Å². The Hall–Kier alpha value is -7.01. The summed E-state index contributed by atoms with van der Waals surface area (Å²) in [5, 5.41) is 7.62. The number of imide groups is 1. The van der Waals surface area contributed by atoms with Crippen molar-refractivity contribution in [1.82, 2.24) is 49.4 Å². The Morgan fingerprint density at radius 3 is 2.49 bits per heavy atom. The molecule has 13 rings (SSSR count). The first-order valence-electron chi connectivity index (χ1n) is 28.1. The maximum atomic E-state index is 17.2. The zero-order valence-corrected chi connectivity index (χ0v) is 44.0. The molecule has 0 saturated carbocycles. The SMILES string of the molecule is C#Cc1c(F)ccc2cccc(-c3ncc4c(N5CC6CCC(C5)N6)nc(OC[C@@]56CCCN5[C@H](COC(=O)N5CCC(N7CCC(Cc8ccc9c(c8)n(C)c(=O)n9C8CCC(=O)NC8=O)CC7)CC5)CC6)nc4c3F)c12. The van der Waals surface area contributed by atoms with Gasteiger partial charge in [-0.15, -0.1) is 6.42 Å². The Bertz CT molecular complexity index is 3480. The first kappa shape index (κ1) is 50.5. The molecule has 0 aliphatic carbocycles. The van der Waals surface area contributed by atoms with Crippen molar-refractivity contribution in [3.05, 3.63) is 88.0 Å². The van der Waals surface area contributed by atoms with Crippen LogP contribution in [-0.4, -0.2) is 145 Å². The molecule has 3 unspecified atom stereocenters. The lowest BCUT2D eigenvalue weighted by Gasteiger charge is -2.41. The summed E-state index contributed by atoms with van der Waals surface area (Å²) >= 11 is 0. The van der Waals surface area contributed by atoms with Crippen LogP contribution in [0.2, 0.25) is 0 Å². The third-order valence-electron chi connectivity index (χ3n) is 18.5. The van der Waals surface area contributed by atoms with E-state index >= 15 is 8.78 Å². The predicted molar refractivity (Wildman–Crippen MR) is 290 cm³/mol. The maximum Gasteiger partial charge on any atom is 0.409 e. The number of anilines is 1. The second kappa shape index (κ2) is 20.3. The topological polar surface area (TPSA) is 172 Å². The Morgan fingerprint density at radius 2 is 1.71 bits per heavy atom. The smallest absolute Gasteiger partial charge is 0.409 e. The number of aryl methyl sites for hydroxylation is 1. The van der Waals surface area contributed by atoms with Gasteiger partial charge in [0, 0.05) is 81.0 Å². The van der Waals surface area contributed by atoms with Crippen molar-refractivity contribution >= 4 is 56.4 Å². The molecule has 406 valence electrons. The number of carbonyl (C=O) groups excluding carboxylic acids is 3. The summed E-state index contributed by atoms with van der Waals surface area (Å²) in [7, 11) is 1.73. The van der Waals surface area contributed by atoms with Gasteiger partial charge < -0.3 is 29.5 Å². The summed E-state index contributed by atoms with van der Waals surface area (Å²) in [5.74, 6) is 1.59. The normalized spacial score (nSPS) is 25.3. The minimum absolute atomic E-state index is 0.0178. The first-order chi connectivity index (χ1) is 37.9. The molecular weight excluding hydrogens is 997 g/mol. The Morgan fingerprint density at radius 1 is 0.897 bits per heavy atom. The average molecular weight is 1060 g/mol. The number of amides is 3. The van der Waals surface area contributed by atoms with Gasteiger partial charge in [0.1, 0.15) is 42.1 Å². The molecule has 0 radical (unpaired) electrons. The Balaban J connectivity index is 0.627. The molecule has 7 fully saturated rings. The van der Waals surface area contributed by atoms with Crippen LogP contribution >= 0.6 is 0 Å². The lowest BCUT2D eigenvalue weighted by molar-refractivity contribution is -0.135. The average Bonchev–Trinajstić information content (AvgIpc) is 4.36. The molecule has 10 heterocycles. The van der Waals surface area contributed by atoms with Gasteiger partial charge in [-0.2, -0.15) is 9.97 Å². The van der Waals surface area contributed by atoms with Crippen molar-refractivity contribution in [2.45, 2.75) is 119 Å². The second-order valence-electron chi connectivity index (χ2n) is 23.0. The zero-order valence-electron chi connectivity index (χ0n) is 44.0. The number of ether oxygens (including phenoxy) is 2. The summed E-state index contributed by atoms with van der Waals surface area (Å²) in [6.45, 7) is 6.17. The van der Waals surface area contributed by atoms with Crippen LogP contribution in [-0.2, 0) is 27.8 Å². The van der Waals surface area contributed by atoms with Crippen LogP contribution in [0.5, 0.6) is 6.01 Å². The van der Waals surface area contributed by atoms with E-state index in [-0.39, 0.29) is 58.5 Å². The van der Waals surface area contributed by atoms with E-state index < -0.39 is 23.6 Å². The van der Waals surface area contributed by atoms with Gasteiger partial charge in [0.2, 0.25) is 11.8 Å².